The second-order valence-corrected chi connectivity index (χ2v) is 6.14. The number of carbonyl (C=O) groups excluding carboxylic acids is 1. The maximum Gasteiger partial charge on any atom is 0.286 e. The lowest BCUT2D eigenvalue weighted by atomic mass is 9.91. The fourth-order valence-electron chi connectivity index (χ4n) is 3.19. The normalized spacial score (nSPS) is 21.0. The maximum atomic E-state index is 12.8. The first-order valence-electron chi connectivity index (χ1n) is 7.57. The highest BCUT2D eigenvalue weighted by Gasteiger charge is 2.31. The third kappa shape index (κ3) is 3.55. The van der Waals surface area contributed by atoms with Crippen LogP contribution in [0.2, 0.25) is 0 Å². The van der Waals surface area contributed by atoms with Gasteiger partial charge in [-0.05, 0) is 18.3 Å². The summed E-state index contributed by atoms with van der Waals surface area (Å²) < 4.78 is 10.3. The van der Waals surface area contributed by atoms with Gasteiger partial charge in [0.05, 0.1) is 25.2 Å². The van der Waals surface area contributed by atoms with Crippen molar-refractivity contribution < 1.29 is 19.2 Å². The van der Waals surface area contributed by atoms with Crippen molar-refractivity contribution in [3.63, 3.8) is 0 Å². The predicted molar refractivity (Wildman–Crippen MR) is 85.0 cm³/mol. The first-order valence-corrected chi connectivity index (χ1v) is 7.57. The SMILES string of the molecule is COc1cc(C(=O)N2C[C@H](C)C[C@@H](C)C2)c([N+](=O)[O-])cc1OC. The number of piperidine rings is 1. The monoisotopic (exact) mass is 322 g/mol. The van der Waals surface area contributed by atoms with E-state index >= 15 is 0 Å². The number of methoxy groups -OCH3 is 2. The number of rotatable bonds is 4. The summed E-state index contributed by atoms with van der Waals surface area (Å²) in [4.78, 5) is 25.3. The quantitative estimate of drug-likeness (QED) is 0.629. The molecule has 1 fully saturated rings. The fourth-order valence-corrected chi connectivity index (χ4v) is 3.19. The van der Waals surface area contributed by atoms with Crippen LogP contribution in [-0.2, 0) is 0 Å². The van der Waals surface area contributed by atoms with Crippen molar-refractivity contribution in [3.8, 4) is 11.5 Å². The molecule has 23 heavy (non-hydrogen) atoms. The number of carbonyl (C=O) groups is 1. The summed E-state index contributed by atoms with van der Waals surface area (Å²) >= 11 is 0. The zero-order chi connectivity index (χ0) is 17.1. The minimum atomic E-state index is -0.563. The Bertz CT molecular complexity index is 607. The molecule has 7 heteroatoms. The van der Waals surface area contributed by atoms with Gasteiger partial charge in [0.25, 0.3) is 11.6 Å². The molecule has 1 aromatic carbocycles. The summed E-state index contributed by atoms with van der Waals surface area (Å²) in [6.07, 6.45) is 1.05. The van der Waals surface area contributed by atoms with E-state index in [-0.39, 0.29) is 22.9 Å². The molecule has 0 N–H and O–H groups in total. The van der Waals surface area contributed by atoms with E-state index in [1.165, 1.54) is 26.4 Å². The van der Waals surface area contributed by atoms with Crippen molar-refractivity contribution in [1.29, 1.82) is 0 Å². The Hall–Kier alpha value is -2.31. The summed E-state index contributed by atoms with van der Waals surface area (Å²) in [5, 5.41) is 11.3. The number of nitrogens with zero attached hydrogens (tertiary/aromatic N) is 2. The Balaban J connectivity index is 2.44. The van der Waals surface area contributed by atoms with Crippen LogP contribution >= 0.6 is 0 Å². The molecule has 7 nitrogen and oxygen atoms in total. The predicted octanol–water partition coefficient (Wildman–Crippen LogP) is 2.73. The topological polar surface area (TPSA) is 81.9 Å². The van der Waals surface area contributed by atoms with Gasteiger partial charge in [-0.2, -0.15) is 0 Å². The van der Waals surface area contributed by atoms with E-state index in [0.717, 1.165) is 6.42 Å². The second kappa shape index (κ2) is 6.85. The number of nitro benzene ring substituents is 1. The van der Waals surface area contributed by atoms with Crippen LogP contribution < -0.4 is 9.47 Å². The van der Waals surface area contributed by atoms with E-state index < -0.39 is 4.92 Å². The van der Waals surface area contributed by atoms with Gasteiger partial charge in [-0.1, -0.05) is 13.8 Å². The van der Waals surface area contributed by atoms with E-state index in [4.69, 9.17) is 9.47 Å². The van der Waals surface area contributed by atoms with Gasteiger partial charge in [0.1, 0.15) is 5.56 Å². The number of amides is 1. The molecule has 0 unspecified atom stereocenters. The van der Waals surface area contributed by atoms with Gasteiger partial charge >= 0.3 is 0 Å². The average molecular weight is 322 g/mol. The van der Waals surface area contributed by atoms with E-state index in [2.05, 4.69) is 13.8 Å². The van der Waals surface area contributed by atoms with Crippen molar-refractivity contribution in [2.24, 2.45) is 11.8 Å². The molecule has 0 bridgehead atoms. The first kappa shape index (κ1) is 17.1. The average Bonchev–Trinajstić information content (AvgIpc) is 2.51. The molecule has 0 spiro atoms. The molecule has 2 rings (SSSR count). The number of nitro groups is 1. The van der Waals surface area contributed by atoms with Crippen molar-refractivity contribution in [1.82, 2.24) is 4.90 Å². The molecule has 0 saturated carbocycles. The molecule has 1 saturated heterocycles. The number of likely N-dealkylation sites (tertiary alicyclic amines) is 1. The molecule has 1 aliphatic rings. The Morgan fingerprint density at radius 2 is 1.70 bits per heavy atom. The number of hydrogen-bond donors (Lipinski definition) is 0. The highest BCUT2D eigenvalue weighted by Crippen LogP contribution is 2.35. The number of ether oxygens (including phenoxy) is 2. The third-order valence-corrected chi connectivity index (χ3v) is 4.09. The Kier molecular flexibility index (Phi) is 5.08. The lowest BCUT2D eigenvalue weighted by Crippen LogP contribution is -2.42. The zero-order valence-corrected chi connectivity index (χ0v) is 13.9. The van der Waals surface area contributed by atoms with Gasteiger partial charge in [0.15, 0.2) is 11.5 Å². The molecular formula is C16H22N2O5. The van der Waals surface area contributed by atoms with E-state index in [1.54, 1.807) is 4.90 Å². The molecule has 0 radical (unpaired) electrons. The Morgan fingerprint density at radius 3 is 2.17 bits per heavy atom. The van der Waals surface area contributed by atoms with Crippen molar-refractivity contribution in [2.75, 3.05) is 27.3 Å². The first-order chi connectivity index (χ1) is 10.9. The molecule has 1 aromatic rings. The number of hydrogen-bond acceptors (Lipinski definition) is 5. The van der Waals surface area contributed by atoms with Gasteiger partial charge in [-0.3, -0.25) is 14.9 Å². The van der Waals surface area contributed by atoms with E-state index in [0.29, 0.717) is 30.7 Å². The van der Waals surface area contributed by atoms with Gasteiger partial charge in [-0.25, -0.2) is 0 Å². The third-order valence-electron chi connectivity index (χ3n) is 4.09. The second-order valence-electron chi connectivity index (χ2n) is 6.14. The summed E-state index contributed by atoms with van der Waals surface area (Å²) in [7, 11) is 2.83. The van der Waals surface area contributed by atoms with Gasteiger partial charge < -0.3 is 14.4 Å². The van der Waals surface area contributed by atoms with E-state index in [1.807, 2.05) is 0 Å². The lowest BCUT2D eigenvalue weighted by molar-refractivity contribution is -0.385. The minimum Gasteiger partial charge on any atom is -0.493 e. The van der Waals surface area contributed by atoms with Crippen molar-refractivity contribution >= 4 is 11.6 Å². The molecule has 2 atom stereocenters. The van der Waals surface area contributed by atoms with Gasteiger partial charge in [-0.15, -0.1) is 0 Å². The lowest BCUT2D eigenvalue weighted by Gasteiger charge is -2.35. The minimum absolute atomic E-state index is 0.0361. The molecule has 1 amide bonds. The molecule has 0 aromatic heterocycles. The highest BCUT2D eigenvalue weighted by atomic mass is 16.6. The number of benzene rings is 1. The van der Waals surface area contributed by atoms with E-state index in [9.17, 15) is 14.9 Å². The Labute approximate surface area is 135 Å². The summed E-state index contributed by atoms with van der Waals surface area (Å²) in [5.74, 6) is 0.954. The summed E-state index contributed by atoms with van der Waals surface area (Å²) in [6, 6.07) is 2.63. The van der Waals surface area contributed by atoms with Crippen LogP contribution in [0.5, 0.6) is 11.5 Å². The largest absolute Gasteiger partial charge is 0.493 e. The van der Waals surface area contributed by atoms with Crippen molar-refractivity contribution in [3.05, 3.63) is 27.8 Å². The van der Waals surface area contributed by atoms with Crippen LogP contribution in [-0.4, -0.2) is 43.0 Å². The summed E-state index contributed by atoms with van der Waals surface area (Å²) in [5.41, 5.74) is -0.229. The highest BCUT2D eigenvalue weighted by molar-refractivity contribution is 5.99. The van der Waals surface area contributed by atoms with Crippen LogP contribution in [0.25, 0.3) is 0 Å². The molecule has 126 valence electrons. The van der Waals surface area contributed by atoms with Crippen LogP contribution in [0.1, 0.15) is 30.6 Å². The standard InChI is InChI=1S/C16H22N2O5/c1-10-5-11(2)9-17(8-10)16(19)12-6-14(22-3)15(23-4)7-13(12)18(20)21/h6-7,10-11H,5,8-9H2,1-4H3/t10-,11-/m1/s1. The van der Waals surface area contributed by atoms with Crippen molar-refractivity contribution in [2.45, 2.75) is 20.3 Å². The van der Waals surface area contributed by atoms with Gasteiger partial charge in [0.2, 0.25) is 0 Å². The Morgan fingerprint density at radius 1 is 1.17 bits per heavy atom. The molecule has 1 aliphatic heterocycles. The van der Waals surface area contributed by atoms with Crippen LogP contribution in [0.4, 0.5) is 5.69 Å². The van der Waals surface area contributed by atoms with Crippen LogP contribution in [0.3, 0.4) is 0 Å². The molecular weight excluding hydrogens is 300 g/mol. The van der Waals surface area contributed by atoms with Crippen LogP contribution in [0, 0.1) is 22.0 Å². The molecule has 0 aliphatic carbocycles. The van der Waals surface area contributed by atoms with Crippen LogP contribution in [0.15, 0.2) is 12.1 Å². The maximum absolute atomic E-state index is 12.8. The fraction of sp³-hybridized carbons (Fsp3) is 0.562. The van der Waals surface area contributed by atoms with Gasteiger partial charge in [0, 0.05) is 19.2 Å². The smallest absolute Gasteiger partial charge is 0.286 e. The zero-order valence-electron chi connectivity index (χ0n) is 13.9. The molecule has 1 heterocycles. The summed E-state index contributed by atoms with van der Waals surface area (Å²) in [6.45, 7) is 5.38.